The van der Waals surface area contributed by atoms with Gasteiger partial charge in [-0.15, -0.1) is 0 Å². The highest BCUT2D eigenvalue weighted by molar-refractivity contribution is 7.80. The minimum Gasteiger partial charge on any atom is -0.377 e. The van der Waals surface area contributed by atoms with E-state index in [0.717, 1.165) is 4.99 Å². The number of thiocarbonyl (C=S) groups is 1. The third-order valence-electron chi connectivity index (χ3n) is 1.43. The van der Waals surface area contributed by atoms with Gasteiger partial charge in [0.25, 0.3) is 0 Å². The van der Waals surface area contributed by atoms with E-state index in [2.05, 4.69) is 26.1 Å². The molecule has 0 saturated carbocycles. The van der Waals surface area contributed by atoms with Gasteiger partial charge >= 0.3 is 0 Å². The maximum atomic E-state index is 4.88. The van der Waals surface area contributed by atoms with Crippen LogP contribution in [0.2, 0.25) is 0 Å². The average molecular weight is 145 g/mol. The van der Waals surface area contributed by atoms with Crippen molar-refractivity contribution < 1.29 is 0 Å². The molecule has 0 aliphatic carbocycles. The zero-order valence-corrected chi connectivity index (χ0v) is 7.38. The first-order valence-corrected chi connectivity index (χ1v) is 3.72. The molecule has 0 amide bonds. The molecule has 0 aromatic carbocycles. The molecule has 54 valence electrons. The summed E-state index contributed by atoms with van der Waals surface area (Å²) in [4.78, 5) is 0.885. The lowest BCUT2D eigenvalue weighted by Crippen LogP contribution is -2.33. The van der Waals surface area contributed by atoms with Crippen molar-refractivity contribution in [1.82, 2.24) is 5.32 Å². The zero-order chi connectivity index (χ0) is 7.44. The molecule has 0 aliphatic rings. The molecular weight excluding hydrogens is 130 g/mol. The van der Waals surface area contributed by atoms with Gasteiger partial charge in [0.1, 0.15) is 0 Å². The fourth-order valence-electron chi connectivity index (χ4n) is 0.487. The smallest absolute Gasteiger partial charge is 0.0724 e. The number of nitrogens with one attached hydrogen (secondary N) is 1. The summed E-state index contributed by atoms with van der Waals surface area (Å²) in [5, 5.41) is 3.17. The van der Waals surface area contributed by atoms with Gasteiger partial charge in [-0.3, -0.25) is 0 Å². The van der Waals surface area contributed by atoms with Gasteiger partial charge in [0.2, 0.25) is 0 Å². The fourth-order valence-corrected chi connectivity index (χ4v) is 0.673. The first-order valence-electron chi connectivity index (χ1n) is 3.31. The van der Waals surface area contributed by atoms with E-state index < -0.39 is 0 Å². The Morgan fingerprint density at radius 3 is 1.89 bits per heavy atom. The summed E-state index contributed by atoms with van der Waals surface area (Å²) in [5.41, 5.74) is 0. The minimum absolute atomic E-state index is 0.502. The van der Waals surface area contributed by atoms with Crippen LogP contribution in [0.4, 0.5) is 0 Å². The van der Waals surface area contributed by atoms with Gasteiger partial charge in [0.15, 0.2) is 0 Å². The van der Waals surface area contributed by atoms with Crippen LogP contribution < -0.4 is 5.32 Å². The van der Waals surface area contributed by atoms with E-state index in [1.807, 2.05) is 6.92 Å². The number of hydrogen-bond donors (Lipinski definition) is 1. The lowest BCUT2D eigenvalue weighted by molar-refractivity contribution is 0.489. The molecule has 1 nitrogen and oxygen atoms in total. The highest BCUT2D eigenvalue weighted by atomic mass is 32.1. The molecule has 0 heterocycles. The summed E-state index contributed by atoms with van der Waals surface area (Å²) in [6, 6.07) is 0.502. The number of hydrogen-bond acceptors (Lipinski definition) is 1. The molecule has 2 heteroatoms. The van der Waals surface area contributed by atoms with Crippen molar-refractivity contribution in [3.8, 4) is 0 Å². The summed E-state index contributed by atoms with van der Waals surface area (Å²) in [6.07, 6.45) is 0. The van der Waals surface area contributed by atoms with Crippen LogP contribution in [0.25, 0.3) is 0 Å². The van der Waals surface area contributed by atoms with Crippen molar-refractivity contribution in [2.45, 2.75) is 33.7 Å². The number of rotatable bonds is 2. The first kappa shape index (κ1) is 8.89. The highest BCUT2D eigenvalue weighted by Gasteiger charge is 2.04. The maximum Gasteiger partial charge on any atom is 0.0724 e. The van der Waals surface area contributed by atoms with Crippen LogP contribution >= 0.6 is 12.2 Å². The van der Waals surface area contributed by atoms with E-state index in [1.165, 1.54) is 0 Å². The van der Waals surface area contributed by atoms with E-state index in [1.54, 1.807) is 0 Å². The Labute approximate surface area is 62.8 Å². The summed E-state index contributed by atoms with van der Waals surface area (Å²) in [6.45, 7) is 8.40. The van der Waals surface area contributed by atoms with Gasteiger partial charge in [-0.05, 0) is 19.8 Å². The van der Waals surface area contributed by atoms with E-state index >= 15 is 0 Å². The third-order valence-corrected chi connectivity index (χ3v) is 1.55. The van der Waals surface area contributed by atoms with Crippen LogP contribution in [0.15, 0.2) is 0 Å². The standard InChI is InChI=1S/C7H15NS/c1-5(2)6(3)8-7(4)9/h5-6H,1-4H3,(H,8,9)/t6-/m1/s1. The molecule has 1 atom stereocenters. The van der Waals surface area contributed by atoms with Gasteiger partial charge in [0.05, 0.1) is 4.99 Å². The molecule has 0 saturated heterocycles. The third kappa shape index (κ3) is 4.40. The summed E-state index contributed by atoms with van der Waals surface area (Å²) in [5.74, 6) is 0.655. The summed E-state index contributed by atoms with van der Waals surface area (Å²) < 4.78 is 0. The topological polar surface area (TPSA) is 12.0 Å². The van der Waals surface area contributed by atoms with Crippen molar-refractivity contribution in [3.63, 3.8) is 0 Å². The molecular formula is C7H15NS. The molecule has 0 aliphatic heterocycles. The molecule has 0 fully saturated rings. The molecule has 0 spiro atoms. The van der Waals surface area contributed by atoms with Crippen molar-refractivity contribution in [3.05, 3.63) is 0 Å². The Bertz CT molecular complexity index is 99.1. The van der Waals surface area contributed by atoms with Crippen LogP contribution in [0.5, 0.6) is 0 Å². The second-order valence-electron chi connectivity index (χ2n) is 2.73. The van der Waals surface area contributed by atoms with Crippen molar-refractivity contribution in [1.29, 1.82) is 0 Å². The predicted molar refractivity (Wildman–Crippen MR) is 45.7 cm³/mol. The Kier molecular flexibility index (Phi) is 3.78. The molecule has 0 unspecified atom stereocenters. The molecule has 0 radical (unpaired) electrons. The SMILES string of the molecule is CC(=S)N[C@H](C)C(C)C. The molecule has 9 heavy (non-hydrogen) atoms. The van der Waals surface area contributed by atoms with Gasteiger partial charge in [0, 0.05) is 6.04 Å². The van der Waals surface area contributed by atoms with Crippen LogP contribution in [0.3, 0.4) is 0 Å². The molecule has 0 bridgehead atoms. The second kappa shape index (κ2) is 3.83. The monoisotopic (exact) mass is 145 g/mol. The van der Waals surface area contributed by atoms with Crippen LogP contribution in [-0.2, 0) is 0 Å². The summed E-state index contributed by atoms with van der Waals surface area (Å²) in [7, 11) is 0. The first-order chi connectivity index (χ1) is 4.04. The Balaban J connectivity index is 3.50. The van der Waals surface area contributed by atoms with E-state index in [9.17, 15) is 0 Å². The van der Waals surface area contributed by atoms with Gasteiger partial charge in [-0.25, -0.2) is 0 Å². The van der Waals surface area contributed by atoms with Crippen molar-refractivity contribution in [2.75, 3.05) is 0 Å². The molecule has 0 rings (SSSR count). The quantitative estimate of drug-likeness (QED) is 0.596. The minimum atomic E-state index is 0.502. The molecule has 0 aromatic heterocycles. The van der Waals surface area contributed by atoms with Gasteiger partial charge < -0.3 is 5.32 Å². The Morgan fingerprint density at radius 1 is 1.33 bits per heavy atom. The zero-order valence-electron chi connectivity index (χ0n) is 6.56. The van der Waals surface area contributed by atoms with Crippen molar-refractivity contribution in [2.24, 2.45) is 5.92 Å². The maximum absolute atomic E-state index is 4.88. The normalized spacial score (nSPS) is 13.4. The van der Waals surface area contributed by atoms with Crippen LogP contribution in [-0.4, -0.2) is 11.0 Å². The summed E-state index contributed by atoms with van der Waals surface area (Å²) >= 11 is 4.88. The Morgan fingerprint density at radius 2 is 1.78 bits per heavy atom. The van der Waals surface area contributed by atoms with E-state index in [0.29, 0.717) is 12.0 Å². The predicted octanol–water partition coefficient (Wildman–Crippen LogP) is 1.97. The van der Waals surface area contributed by atoms with Crippen LogP contribution in [0, 0.1) is 5.92 Å². The lowest BCUT2D eigenvalue weighted by atomic mass is 10.1. The van der Waals surface area contributed by atoms with E-state index in [4.69, 9.17) is 12.2 Å². The highest BCUT2D eigenvalue weighted by Crippen LogP contribution is 1.98. The van der Waals surface area contributed by atoms with Gasteiger partial charge in [-0.1, -0.05) is 26.1 Å². The fraction of sp³-hybridized carbons (Fsp3) is 0.857. The molecule has 0 aromatic rings. The van der Waals surface area contributed by atoms with Gasteiger partial charge in [-0.2, -0.15) is 0 Å². The largest absolute Gasteiger partial charge is 0.377 e. The van der Waals surface area contributed by atoms with Crippen molar-refractivity contribution >= 4 is 17.2 Å². The molecule has 1 N–H and O–H groups in total. The second-order valence-corrected chi connectivity index (χ2v) is 3.35. The Hall–Kier alpha value is -0.110. The lowest BCUT2D eigenvalue weighted by Gasteiger charge is -2.16. The van der Waals surface area contributed by atoms with E-state index in [-0.39, 0.29) is 0 Å². The average Bonchev–Trinajstić information content (AvgIpc) is 1.63. The van der Waals surface area contributed by atoms with Crippen LogP contribution in [0.1, 0.15) is 27.7 Å².